The molecule has 4 heteroatoms. The summed E-state index contributed by atoms with van der Waals surface area (Å²) in [6.45, 7) is 2.77. The summed E-state index contributed by atoms with van der Waals surface area (Å²) in [6.07, 6.45) is -0.725. The monoisotopic (exact) mass is 208 g/mol. The Hall–Kier alpha value is 0.0923. The molecule has 0 rings (SSSR count). The molecular formula is C4H8NO2Pd-. The molecule has 0 aliphatic heterocycles. The molecule has 0 spiro atoms. The maximum atomic E-state index is 9.91. The number of carbonyl (C=O) groups excluding carboxylic acids is 1. The second-order valence-electron chi connectivity index (χ2n) is 1.25. The van der Waals surface area contributed by atoms with Gasteiger partial charge in [-0.05, 0) is 6.92 Å². The van der Waals surface area contributed by atoms with Crippen molar-refractivity contribution in [2.75, 3.05) is 0 Å². The van der Waals surface area contributed by atoms with Crippen LogP contribution in [0.25, 0.3) is 5.73 Å². The minimum Gasteiger partial charge on any atom is -0.641 e. The molecule has 0 aliphatic rings. The quantitative estimate of drug-likeness (QED) is 0.476. The molecule has 0 radical (unpaired) electrons. The molecular weight excluding hydrogens is 200 g/mol. The van der Waals surface area contributed by atoms with Crippen molar-refractivity contribution in [3.63, 3.8) is 0 Å². The summed E-state index contributed by atoms with van der Waals surface area (Å²) < 4.78 is 4.28. The van der Waals surface area contributed by atoms with Gasteiger partial charge in [0, 0.05) is 33.6 Å². The van der Waals surface area contributed by atoms with E-state index in [2.05, 4.69) is 4.74 Å². The van der Waals surface area contributed by atoms with Crippen LogP contribution in [0.15, 0.2) is 0 Å². The van der Waals surface area contributed by atoms with Gasteiger partial charge >= 0.3 is 5.97 Å². The predicted molar refractivity (Wildman–Crippen MR) is 25.5 cm³/mol. The van der Waals surface area contributed by atoms with Crippen LogP contribution in [0.3, 0.4) is 0 Å². The summed E-state index contributed by atoms with van der Waals surface area (Å²) in [5.41, 5.74) is 6.66. The van der Waals surface area contributed by atoms with Crippen molar-refractivity contribution >= 4 is 5.97 Å². The first-order valence-electron chi connectivity index (χ1n) is 2.01. The van der Waals surface area contributed by atoms with E-state index in [1.807, 2.05) is 0 Å². The Labute approximate surface area is 62.2 Å². The Bertz CT molecular complexity index is 74.4. The van der Waals surface area contributed by atoms with Crippen LogP contribution >= 0.6 is 0 Å². The van der Waals surface area contributed by atoms with Crippen molar-refractivity contribution in [3.05, 3.63) is 5.73 Å². The number of hydrogen-bond donors (Lipinski definition) is 0. The second kappa shape index (κ2) is 5.23. The Morgan fingerprint density at radius 2 is 2.12 bits per heavy atom. The normalized spacial score (nSPS) is 11.4. The molecule has 8 heavy (non-hydrogen) atoms. The van der Waals surface area contributed by atoms with E-state index in [1.165, 1.54) is 13.8 Å². The van der Waals surface area contributed by atoms with E-state index >= 15 is 0 Å². The zero-order chi connectivity index (χ0) is 5.86. The molecule has 0 aromatic carbocycles. The van der Waals surface area contributed by atoms with Crippen LogP contribution in [-0.4, -0.2) is 12.2 Å². The van der Waals surface area contributed by atoms with Crippen molar-refractivity contribution in [3.8, 4) is 0 Å². The maximum absolute atomic E-state index is 9.91. The molecule has 0 saturated carbocycles. The first kappa shape index (κ1) is 11.0. The van der Waals surface area contributed by atoms with E-state index in [4.69, 9.17) is 5.73 Å². The number of rotatable bonds is 1. The Morgan fingerprint density at radius 3 is 2.12 bits per heavy atom. The zero-order valence-electron chi connectivity index (χ0n) is 4.71. The molecule has 52 valence electrons. The SMILES string of the molecule is CC(=O)OC(C)[NH-].[Pd]. The Morgan fingerprint density at radius 1 is 1.75 bits per heavy atom. The van der Waals surface area contributed by atoms with Crippen LogP contribution < -0.4 is 0 Å². The summed E-state index contributed by atoms with van der Waals surface area (Å²) in [7, 11) is 0. The molecule has 0 fully saturated rings. The minimum absolute atomic E-state index is 0. The molecule has 1 unspecified atom stereocenters. The average molecular weight is 209 g/mol. The van der Waals surface area contributed by atoms with E-state index in [-0.39, 0.29) is 20.4 Å². The smallest absolute Gasteiger partial charge is 0.301 e. The van der Waals surface area contributed by atoms with E-state index < -0.39 is 12.2 Å². The maximum Gasteiger partial charge on any atom is 0.301 e. The first-order valence-corrected chi connectivity index (χ1v) is 2.01. The Kier molecular flexibility index (Phi) is 7.17. The minimum atomic E-state index is -0.725. The Balaban J connectivity index is 0. The van der Waals surface area contributed by atoms with Gasteiger partial charge in [-0.2, -0.15) is 0 Å². The fourth-order valence-electron chi connectivity index (χ4n) is 0.249. The van der Waals surface area contributed by atoms with Crippen molar-refractivity contribution in [1.82, 2.24) is 0 Å². The molecule has 0 aliphatic carbocycles. The molecule has 0 amide bonds. The molecule has 0 saturated heterocycles. The molecule has 3 nitrogen and oxygen atoms in total. The predicted octanol–water partition coefficient (Wildman–Crippen LogP) is 0.945. The largest absolute Gasteiger partial charge is 0.641 e. The van der Waals surface area contributed by atoms with Gasteiger partial charge in [0.2, 0.25) is 0 Å². The van der Waals surface area contributed by atoms with Gasteiger partial charge in [-0.25, -0.2) is 0 Å². The van der Waals surface area contributed by atoms with Crippen LogP contribution in [0.4, 0.5) is 0 Å². The standard InChI is InChI=1S/C4H8NO2.Pd/c1-3(5)7-4(2)6;/h3,5H,1-2H3;/q-1;. The molecule has 1 N–H and O–H groups in total. The van der Waals surface area contributed by atoms with Gasteiger partial charge in [0.05, 0.1) is 0 Å². The summed E-state index contributed by atoms with van der Waals surface area (Å²) in [6, 6.07) is 0. The summed E-state index contributed by atoms with van der Waals surface area (Å²) in [5, 5.41) is 0. The zero-order valence-corrected chi connectivity index (χ0v) is 6.26. The van der Waals surface area contributed by atoms with Crippen LogP contribution in [0, 0.1) is 0 Å². The molecule has 1 atom stereocenters. The molecule has 0 heterocycles. The van der Waals surface area contributed by atoms with Crippen LogP contribution in [-0.2, 0) is 30.0 Å². The summed E-state index contributed by atoms with van der Waals surface area (Å²) >= 11 is 0. The number of ether oxygens (including phenoxy) is 1. The fraction of sp³-hybridized carbons (Fsp3) is 0.750. The van der Waals surface area contributed by atoms with Gasteiger partial charge < -0.3 is 10.5 Å². The van der Waals surface area contributed by atoms with E-state index in [0.717, 1.165) is 0 Å². The van der Waals surface area contributed by atoms with Crippen molar-refractivity contribution in [2.45, 2.75) is 20.1 Å². The van der Waals surface area contributed by atoms with Gasteiger partial charge in [-0.1, -0.05) is 0 Å². The topological polar surface area (TPSA) is 50.1 Å². The van der Waals surface area contributed by atoms with Crippen molar-refractivity contribution in [2.24, 2.45) is 0 Å². The molecule has 0 aromatic rings. The number of carbonyl (C=O) groups is 1. The number of hydrogen-bond acceptors (Lipinski definition) is 2. The fourth-order valence-corrected chi connectivity index (χ4v) is 0.249. The first-order chi connectivity index (χ1) is 3.13. The third kappa shape index (κ3) is 9.43. The van der Waals surface area contributed by atoms with Crippen molar-refractivity contribution in [1.29, 1.82) is 0 Å². The molecule has 0 aromatic heterocycles. The van der Waals surface area contributed by atoms with E-state index in [1.54, 1.807) is 0 Å². The van der Waals surface area contributed by atoms with Crippen LogP contribution in [0.2, 0.25) is 0 Å². The van der Waals surface area contributed by atoms with Gasteiger partial charge in [0.25, 0.3) is 0 Å². The summed E-state index contributed by atoms with van der Waals surface area (Å²) in [5.74, 6) is -0.400. The summed E-state index contributed by atoms with van der Waals surface area (Å²) in [4.78, 5) is 9.91. The third-order valence-electron chi connectivity index (χ3n) is 0.343. The van der Waals surface area contributed by atoms with E-state index in [0.29, 0.717) is 0 Å². The van der Waals surface area contributed by atoms with Crippen LogP contribution in [0.5, 0.6) is 0 Å². The average Bonchev–Trinajstić information content (AvgIpc) is 1.27. The van der Waals surface area contributed by atoms with Crippen LogP contribution in [0.1, 0.15) is 13.8 Å². The van der Waals surface area contributed by atoms with Crippen molar-refractivity contribution < 1.29 is 30.0 Å². The number of nitrogens with one attached hydrogen (secondary N) is 1. The van der Waals surface area contributed by atoms with Gasteiger partial charge in [-0.15, -0.1) is 0 Å². The second-order valence-corrected chi connectivity index (χ2v) is 1.25. The van der Waals surface area contributed by atoms with E-state index in [9.17, 15) is 4.79 Å². The van der Waals surface area contributed by atoms with Gasteiger partial charge in [-0.3, -0.25) is 4.79 Å². The van der Waals surface area contributed by atoms with Gasteiger partial charge in [0.1, 0.15) is 0 Å². The number of esters is 1. The molecule has 0 bridgehead atoms. The van der Waals surface area contributed by atoms with Gasteiger partial charge in [0.15, 0.2) is 0 Å². The third-order valence-corrected chi connectivity index (χ3v) is 0.343.